The molecular weight excluding hydrogens is 312 g/mol. The molecule has 1 N–H and O–H groups in total. The molecule has 0 fully saturated rings. The molecule has 0 aliphatic rings. The minimum absolute atomic E-state index is 0.280. The Morgan fingerprint density at radius 3 is 2.38 bits per heavy atom. The topological polar surface area (TPSA) is 21.3 Å². The fourth-order valence-corrected chi connectivity index (χ4v) is 2.78. The lowest BCUT2D eigenvalue weighted by Crippen LogP contribution is -2.19. The van der Waals surface area contributed by atoms with E-state index in [1.807, 2.05) is 13.0 Å². The highest BCUT2D eigenvalue weighted by Gasteiger charge is 2.20. The molecule has 0 saturated carbocycles. The molecule has 1 unspecified atom stereocenters. The summed E-state index contributed by atoms with van der Waals surface area (Å²) in [6.45, 7) is 1.85. The third-order valence-corrected chi connectivity index (χ3v) is 3.96. The van der Waals surface area contributed by atoms with Crippen LogP contribution in [0.25, 0.3) is 0 Å². The van der Waals surface area contributed by atoms with Crippen LogP contribution in [0.2, 0.25) is 10.0 Å². The lowest BCUT2D eigenvalue weighted by molar-refractivity contribution is 0.414. The summed E-state index contributed by atoms with van der Waals surface area (Å²) >= 11 is 12.4. The van der Waals surface area contributed by atoms with Gasteiger partial charge in [0.1, 0.15) is 11.6 Å². The van der Waals surface area contributed by atoms with Crippen LogP contribution >= 0.6 is 23.2 Å². The highest BCUT2D eigenvalue weighted by Crippen LogP contribution is 2.36. The minimum atomic E-state index is -0.387. The Kier molecular flexibility index (Phi) is 5.09. The summed E-state index contributed by atoms with van der Waals surface area (Å²) in [6, 6.07) is 8.06. The lowest BCUT2D eigenvalue weighted by atomic mass is 9.97. The molecule has 1 atom stereocenters. The van der Waals surface area contributed by atoms with Crippen LogP contribution in [-0.4, -0.2) is 14.2 Å². The van der Waals surface area contributed by atoms with Gasteiger partial charge in [0.15, 0.2) is 0 Å². The monoisotopic (exact) mass is 327 g/mol. The molecule has 112 valence electrons. The van der Waals surface area contributed by atoms with Crippen molar-refractivity contribution in [2.45, 2.75) is 13.0 Å². The van der Waals surface area contributed by atoms with Gasteiger partial charge >= 0.3 is 0 Å². The van der Waals surface area contributed by atoms with Crippen LogP contribution in [0.4, 0.5) is 4.39 Å². The van der Waals surface area contributed by atoms with Gasteiger partial charge in [0.25, 0.3) is 0 Å². The largest absolute Gasteiger partial charge is 0.495 e. The van der Waals surface area contributed by atoms with E-state index in [0.29, 0.717) is 26.9 Å². The fraction of sp³-hybridized carbons (Fsp3) is 0.250. The molecule has 0 spiro atoms. The maximum Gasteiger partial charge on any atom is 0.138 e. The lowest BCUT2D eigenvalue weighted by Gasteiger charge is -2.20. The van der Waals surface area contributed by atoms with Gasteiger partial charge in [-0.15, -0.1) is 0 Å². The van der Waals surface area contributed by atoms with Crippen LogP contribution < -0.4 is 10.1 Å². The number of nitrogens with one attached hydrogen (secondary N) is 1. The van der Waals surface area contributed by atoms with Crippen molar-refractivity contribution in [3.63, 3.8) is 0 Å². The zero-order valence-electron chi connectivity index (χ0n) is 12.0. The third kappa shape index (κ3) is 3.31. The van der Waals surface area contributed by atoms with Crippen molar-refractivity contribution < 1.29 is 9.13 Å². The van der Waals surface area contributed by atoms with Gasteiger partial charge in [-0.25, -0.2) is 4.39 Å². The highest BCUT2D eigenvalue weighted by atomic mass is 35.5. The zero-order chi connectivity index (χ0) is 15.6. The molecule has 5 heteroatoms. The van der Waals surface area contributed by atoms with Crippen LogP contribution in [0, 0.1) is 12.7 Å². The smallest absolute Gasteiger partial charge is 0.138 e. The summed E-state index contributed by atoms with van der Waals surface area (Å²) < 4.78 is 19.3. The van der Waals surface area contributed by atoms with E-state index in [1.165, 1.54) is 13.2 Å². The number of hydrogen-bond acceptors (Lipinski definition) is 2. The van der Waals surface area contributed by atoms with Crippen LogP contribution in [0.3, 0.4) is 0 Å². The third-order valence-electron chi connectivity index (χ3n) is 3.34. The number of hydrogen-bond donors (Lipinski definition) is 1. The second-order valence-corrected chi connectivity index (χ2v) is 5.57. The first-order chi connectivity index (χ1) is 9.97. The molecule has 21 heavy (non-hydrogen) atoms. The Labute approximate surface area is 133 Å². The molecule has 0 saturated heterocycles. The van der Waals surface area contributed by atoms with Crippen LogP contribution in [0.5, 0.6) is 5.75 Å². The van der Waals surface area contributed by atoms with Gasteiger partial charge < -0.3 is 10.1 Å². The van der Waals surface area contributed by atoms with Crippen molar-refractivity contribution >= 4 is 23.2 Å². The van der Waals surface area contributed by atoms with Crippen molar-refractivity contribution in [2.24, 2.45) is 0 Å². The molecule has 0 amide bonds. The van der Waals surface area contributed by atoms with Gasteiger partial charge in [-0.1, -0.05) is 35.3 Å². The second-order valence-electron chi connectivity index (χ2n) is 4.75. The SMILES string of the molecule is CNC(c1ccc(C)cc1F)c1cc(Cl)c(OC)cc1Cl. The molecule has 0 aliphatic carbocycles. The van der Waals surface area contributed by atoms with Crippen LogP contribution in [0.1, 0.15) is 22.7 Å². The van der Waals surface area contributed by atoms with E-state index < -0.39 is 0 Å². The molecule has 2 aromatic rings. The van der Waals surface area contributed by atoms with Gasteiger partial charge in [0, 0.05) is 16.7 Å². The summed E-state index contributed by atoms with van der Waals surface area (Å²) in [6.07, 6.45) is 0. The van der Waals surface area contributed by atoms with E-state index in [-0.39, 0.29) is 11.9 Å². The number of aryl methyl sites for hydroxylation is 1. The standard InChI is InChI=1S/C16H16Cl2FNO/c1-9-4-5-10(14(19)6-9)16(20-2)11-7-13(18)15(21-3)8-12(11)17/h4-8,16,20H,1-3H3. The van der Waals surface area contributed by atoms with E-state index in [1.54, 1.807) is 25.2 Å². The normalized spacial score (nSPS) is 12.3. The van der Waals surface area contributed by atoms with E-state index in [2.05, 4.69) is 5.32 Å². The van der Waals surface area contributed by atoms with Crippen molar-refractivity contribution in [1.29, 1.82) is 0 Å². The summed E-state index contributed by atoms with van der Waals surface area (Å²) in [5, 5.41) is 3.98. The molecule has 0 heterocycles. The Morgan fingerprint density at radius 2 is 1.81 bits per heavy atom. The van der Waals surface area contributed by atoms with Gasteiger partial charge in [-0.05, 0) is 37.2 Å². The average Bonchev–Trinajstić information content (AvgIpc) is 2.45. The molecule has 0 aromatic heterocycles. The molecule has 0 radical (unpaired) electrons. The van der Waals surface area contributed by atoms with Gasteiger partial charge in [-0.3, -0.25) is 0 Å². The quantitative estimate of drug-likeness (QED) is 0.874. The number of methoxy groups -OCH3 is 1. The maximum atomic E-state index is 14.2. The summed E-state index contributed by atoms with van der Waals surface area (Å²) in [5.74, 6) is 0.210. The van der Waals surface area contributed by atoms with Gasteiger partial charge in [-0.2, -0.15) is 0 Å². The van der Waals surface area contributed by atoms with E-state index >= 15 is 0 Å². The average molecular weight is 328 g/mol. The number of ether oxygens (including phenoxy) is 1. The Bertz CT molecular complexity index is 661. The fourth-order valence-electron chi connectivity index (χ4n) is 2.27. The predicted molar refractivity (Wildman–Crippen MR) is 85.1 cm³/mol. The van der Waals surface area contributed by atoms with Crippen LogP contribution in [-0.2, 0) is 0 Å². The van der Waals surface area contributed by atoms with E-state index in [4.69, 9.17) is 27.9 Å². The Balaban J connectivity index is 2.53. The number of halogens is 3. The van der Waals surface area contributed by atoms with Crippen molar-refractivity contribution in [3.05, 3.63) is 62.9 Å². The number of rotatable bonds is 4. The predicted octanol–water partition coefficient (Wildman–Crippen LogP) is 4.76. The summed E-state index contributed by atoms with van der Waals surface area (Å²) in [5.41, 5.74) is 2.09. The minimum Gasteiger partial charge on any atom is -0.495 e. The maximum absolute atomic E-state index is 14.2. The molecular formula is C16H16Cl2FNO. The molecule has 2 aromatic carbocycles. The molecule has 2 rings (SSSR count). The van der Waals surface area contributed by atoms with E-state index in [0.717, 1.165) is 5.56 Å². The molecule has 0 bridgehead atoms. The van der Waals surface area contributed by atoms with Crippen LogP contribution in [0.15, 0.2) is 30.3 Å². The molecule has 0 aliphatic heterocycles. The number of benzene rings is 2. The summed E-state index contributed by atoms with van der Waals surface area (Å²) in [7, 11) is 3.27. The van der Waals surface area contributed by atoms with Crippen molar-refractivity contribution in [2.75, 3.05) is 14.2 Å². The van der Waals surface area contributed by atoms with Gasteiger partial charge in [0.2, 0.25) is 0 Å². The first-order valence-electron chi connectivity index (χ1n) is 6.44. The zero-order valence-corrected chi connectivity index (χ0v) is 13.5. The van der Waals surface area contributed by atoms with E-state index in [9.17, 15) is 4.39 Å². The second kappa shape index (κ2) is 6.65. The van der Waals surface area contributed by atoms with Crippen molar-refractivity contribution in [3.8, 4) is 5.75 Å². The first kappa shape index (κ1) is 16.1. The highest BCUT2D eigenvalue weighted by molar-refractivity contribution is 6.34. The van der Waals surface area contributed by atoms with Gasteiger partial charge in [0.05, 0.1) is 18.2 Å². The first-order valence-corrected chi connectivity index (χ1v) is 7.19. The van der Waals surface area contributed by atoms with Crippen molar-refractivity contribution in [1.82, 2.24) is 5.32 Å². The Morgan fingerprint density at radius 1 is 1.10 bits per heavy atom. The molecule has 2 nitrogen and oxygen atoms in total. The summed E-state index contributed by atoms with van der Waals surface area (Å²) in [4.78, 5) is 0. The Hall–Kier alpha value is -1.29.